The zero-order chi connectivity index (χ0) is 21.3. The van der Waals surface area contributed by atoms with Crippen molar-refractivity contribution in [3.63, 3.8) is 0 Å². The van der Waals surface area contributed by atoms with Gasteiger partial charge in [0.05, 0.1) is 17.5 Å². The van der Waals surface area contributed by atoms with Crippen molar-refractivity contribution in [2.75, 3.05) is 18.4 Å². The molecule has 0 saturated carbocycles. The number of carbonyl (C=O) groups is 2. The highest BCUT2D eigenvalue weighted by Gasteiger charge is 2.49. The zero-order valence-electron chi connectivity index (χ0n) is 17.9. The number of aryl methyl sites for hydroxylation is 2. The summed E-state index contributed by atoms with van der Waals surface area (Å²) in [6.07, 6.45) is 5.12. The van der Waals surface area contributed by atoms with Crippen LogP contribution in [0.1, 0.15) is 47.7 Å². The van der Waals surface area contributed by atoms with Gasteiger partial charge in [-0.2, -0.15) is 0 Å². The van der Waals surface area contributed by atoms with E-state index in [9.17, 15) is 9.59 Å². The van der Waals surface area contributed by atoms with Crippen LogP contribution >= 0.6 is 0 Å². The Morgan fingerprint density at radius 2 is 2.03 bits per heavy atom. The lowest BCUT2D eigenvalue weighted by molar-refractivity contribution is -0.141. The van der Waals surface area contributed by atoms with E-state index in [2.05, 4.69) is 24.1 Å². The van der Waals surface area contributed by atoms with Gasteiger partial charge in [-0.25, -0.2) is 0 Å². The molecule has 6 heteroatoms. The van der Waals surface area contributed by atoms with E-state index in [1.54, 1.807) is 18.5 Å². The molecule has 2 amide bonds. The van der Waals surface area contributed by atoms with Crippen LogP contribution in [0.3, 0.4) is 0 Å². The van der Waals surface area contributed by atoms with Crippen LogP contribution in [-0.4, -0.2) is 46.5 Å². The molecule has 1 N–H and O–H groups in total. The second-order valence-corrected chi connectivity index (χ2v) is 8.64. The van der Waals surface area contributed by atoms with Gasteiger partial charge in [-0.05, 0) is 68.5 Å². The molecule has 4 rings (SSSR count). The number of nitrogens with zero attached hydrogens (tertiary/aromatic N) is 2. The normalized spacial score (nSPS) is 26.0. The number of piperidine rings is 1. The number of likely N-dealkylation sites (tertiary alicyclic amines) is 1. The van der Waals surface area contributed by atoms with Crippen molar-refractivity contribution in [2.24, 2.45) is 5.92 Å². The summed E-state index contributed by atoms with van der Waals surface area (Å²) in [5.41, 5.74) is 3.39. The van der Waals surface area contributed by atoms with Gasteiger partial charge in [-0.3, -0.25) is 14.6 Å². The van der Waals surface area contributed by atoms with Crippen molar-refractivity contribution in [3.05, 3.63) is 59.4 Å². The average molecular weight is 408 g/mol. The SMILES string of the molecule is Cc1ccc(C(=O)N2CC[C@]3(CC[C@H](C(=O)Nc4cccnc4)O3)[C@H](C)C2)cc1C. The van der Waals surface area contributed by atoms with Gasteiger partial charge in [0.25, 0.3) is 11.8 Å². The molecule has 30 heavy (non-hydrogen) atoms. The first-order chi connectivity index (χ1) is 14.4. The molecule has 2 aromatic rings. The quantitative estimate of drug-likeness (QED) is 0.841. The zero-order valence-corrected chi connectivity index (χ0v) is 17.9. The number of nitrogens with one attached hydrogen (secondary N) is 1. The van der Waals surface area contributed by atoms with Gasteiger partial charge in [0.2, 0.25) is 0 Å². The van der Waals surface area contributed by atoms with E-state index in [0.717, 1.165) is 24.0 Å². The molecule has 1 aromatic heterocycles. The van der Waals surface area contributed by atoms with Crippen LogP contribution in [0.5, 0.6) is 0 Å². The van der Waals surface area contributed by atoms with Crippen LogP contribution in [0, 0.1) is 19.8 Å². The molecule has 0 radical (unpaired) electrons. The van der Waals surface area contributed by atoms with Gasteiger partial charge in [0, 0.05) is 30.8 Å². The maximum absolute atomic E-state index is 13.0. The van der Waals surface area contributed by atoms with Gasteiger partial charge >= 0.3 is 0 Å². The highest BCUT2D eigenvalue weighted by molar-refractivity contribution is 5.95. The van der Waals surface area contributed by atoms with Crippen LogP contribution in [0.4, 0.5) is 5.69 Å². The fraction of sp³-hybridized carbons (Fsp3) is 0.458. The molecule has 0 unspecified atom stereocenters. The Labute approximate surface area is 177 Å². The lowest BCUT2D eigenvalue weighted by atomic mass is 9.80. The first-order valence-electron chi connectivity index (χ1n) is 10.6. The molecule has 3 atom stereocenters. The molecule has 1 spiro atoms. The predicted octanol–water partition coefficient (Wildman–Crippen LogP) is 3.74. The Kier molecular flexibility index (Phi) is 5.60. The number of benzene rings is 1. The van der Waals surface area contributed by atoms with Crippen molar-refractivity contribution in [1.29, 1.82) is 0 Å². The van der Waals surface area contributed by atoms with E-state index in [4.69, 9.17) is 4.74 Å². The first-order valence-corrected chi connectivity index (χ1v) is 10.6. The summed E-state index contributed by atoms with van der Waals surface area (Å²) < 4.78 is 6.33. The minimum absolute atomic E-state index is 0.0728. The summed E-state index contributed by atoms with van der Waals surface area (Å²) in [4.78, 5) is 31.6. The first kappa shape index (κ1) is 20.5. The Morgan fingerprint density at radius 1 is 1.20 bits per heavy atom. The molecule has 2 fully saturated rings. The molecule has 0 aliphatic carbocycles. The van der Waals surface area contributed by atoms with E-state index >= 15 is 0 Å². The monoisotopic (exact) mass is 407 g/mol. The summed E-state index contributed by atoms with van der Waals surface area (Å²) in [6, 6.07) is 9.48. The molecule has 6 nitrogen and oxygen atoms in total. The van der Waals surface area contributed by atoms with Crippen LogP contribution in [-0.2, 0) is 9.53 Å². The third kappa shape index (κ3) is 3.97. The van der Waals surface area contributed by atoms with E-state index in [1.165, 1.54) is 5.56 Å². The van der Waals surface area contributed by atoms with Crippen molar-refractivity contribution in [2.45, 2.75) is 51.7 Å². The van der Waals surface area contributed by atoms with E-state index in [1.807, 2.05) is 36.1 Å². The molecule has 0 bridgehead atoms. The fourth-order valence-electron chi connectivity index (χ4n) is 4.57. The molecule has 2 aliphatic heterocycles. The third-order valence-electron chi connectivity index (χ3n) is 6.67. The van der Waals surface area contributed by atoms with Crippen molar-refractivity contribution in [1.82, 2.24) is 9.88 Å². The van der Waals surface area contributed by atoms with Crippen molar-refractivity contribution >= 4 is 17.5 Å². The van der Waals surface area contributed by atoms with Crippen LogP contribution in [0.25, 0.3) is 0 Å². The standard InChI is InChI=1S/C24H29N3O3/c1-16-6-7-19(13-17(16)2)23(29)27-12-10-24(18(3)15-27)9-8-21(30-24)22(28)26-20-5-4-11-25-14-20/h4-7,11,13-14,18,21H,8-10,12,15H2,1-3H3,(H,26,28)/t18-,21-,24-/m1/s1. The summed E-state index contributed by atoms with van der Waals surface area (Å²) in [5.74, 6) is 0.113. The lowest BCUT2D eigenvalue weighted by Crippen LogP contribution is -2.52. The summed E-state index contributed by atoms with van der Waals surface area (Å²) in [6.45, 7) is 7.49. The number of aromatic nitrogens is 1. The number of anilines is 1. The van der Waals surface area contributed by atoms with Crippen LogP contribution in [0.2, 0.25) is 0 Å². The highest BCUT2D eigenvalue weighted by atomic mass is 16.5. The Balaban J connectivity index is 1.38. The van der Waals surface area contributed by atoms with Crippen LogP contribution < -0.4 is 5.32 Å². The van der Waals surface area contributed by atoms with Crippen LogP contribution in [0.15, 0.2) is 42.7 Å². The molecule has 1 aromatic carbocycles. The second kappa shape index (κ2) is 8.19. The molecule has 3 heterocycles. The van der Waals surface area contributed by atoms with Gasteiger partial charge in [-0.15, -0.1) is 0 Å². The number of amides is 2. The van der Waals surface area contributed by atoms with Gasteiger partial charge in [0.1, 0.15) is 6.10 Å². The minimum Gasteiger partial charge on any atom is -0.362 e. The third-order valence-corrected chi connectivity index (χ3v) is 6.67. The number of rotatable bonds is 3. The van der Waals surface area contributed by atoms with Crippen molar-refractivity contribution in [3.8, 4) is 0 Å². The van der Waals surface area contributed by atoms with Gasteiger partial charge < -0.3 is 15.0 Å². The van der Waals surface area contributed by atoms with E-state index < -0.39 is 6.10 Å². The Morgan fingerprint density at radius 3 is 2.73 bits per heavy atom. The molecule has 2 saturated heterocycles. The lowest BCUT2D eigenvalue weighted by Gasteiger charge is -2.44. The topological polar surface area (TPSA) is 71.5 Å². The molecular formula is C24H29N3O3. The number of carbonyl (C=O) groups excluding carboxylic acids is 2. The number of pyridine rings is 1. The van der Waals surface area contributed by atoms with Gasteiger partial charge in [0.15, 0.2) is 0 Å². The number of hydrogen-bond donors (Lipinski definition) is 1. The minimum atomic E-state index is -0.463. The summed E-state index contributed by atoms with van der Waals surface area (Å²) in [5, 5.41) is 2.89. The Bertz CT molecular complexity index is 946. The largest absolute Gasteiger partial charge is 0.362 e. The molecule has 158 valence electrons. The van der Waals surface area contributed by atoms with E-state index in [-0.39, 0.29) is 23.3 Å². The number of hydrogen-bond acceptors (Lipinski definition) is 4. The highest BCUT2D eigenvalue weighted by Crippen LogP contribution is 2.42. The fourth-order valence-corrected chi connectivity index (χ4v) is 4.57. The summed E-state index contributed by atoms with van der Waals surface area (Å²) >= 11 is 0. The predicted molar refractivity (Wildman–Crippen MR) is 115 cm³/mol. The molecular weight excluding hydrogens is 378 g/mol. The Hall–Kier alpha value is -2.73. The maximum atomic E-state index is 13.0. The number of ether oxygens (including phenoxy) is 1. The smallest absolute Gasteiger partial charge is 0.253 e. The maximum Gasteiger partial charge on any atom is 0.253 e. The van der Waals surface area contributed by atoms with E-state index in [0.29, 0.717) is 25.2 Å². The summed E-state index contributed by atoms with van der Waals surface area (Å²) in [7, 11) is 0. The second-order valence-electron chi connectivity index (χ2n) is 8.64. The molecule has 2 aliphatic rings. The van der Waals surface area contributed by atoms with Crippen molar-refractivity contribution < 1.29 is 14.3 Å². The van der Waals surface area contributed by atoms with Gasteiger partial charge in [-0.1, -0.05) is 13.0 Å². The average Bonchev–Trinajstić information content (AvgIpc) is 3.18.